The predicted molar refractivity (Wildman–Crippen MR) is 70.0 cm³/mol. The number of aryl methyl sites for hydroxylation is 1. The summed E-state index contributed by atoms with van der Waals surface area (Å²) in [5, 5.41) is 0. The summed E-state index contributed by atoms with van der Waals surface area (Å²) in [5.41, 5.74) is 2.49. The fourth-order valence-corrected chi connectivity index (χ4v) is 2.95. The molecule has 2 rings (SSSR count). The van der Waals surface area contributed by atoms with E-state index < -0.39 is 0 Å². The molecule has 16 heavy (non-hydrogen) atoms. The molecule has 1 aliphatic heterocycles. The maximum Gasteiger partial charge on any atom is 0.0955 e. The van der Waals surface area contributed by atoms with E-state index in [4.69, 9.17) is 4.74 Å². The highest BCUT2D eigenvalue weighted by molar-refractivity contribution is 7.05. The van der Waals surface area contributed by atoms with Gasteiger partial charge in [-0.2, -0.15) is 4.37 Å². The van der Waals surface area contributed by atoms with E-state index in [0.29, 0.717) is 5.92 Å². The first-order chi connectivity index (χ1) is 7.55. The van der Waals surface area contributed by atoms with Gasteiger partial charge in [0, 0.05) is 16.9 Å². The Morgan fingerprint density at radius 3 is 2.56 bits per heavy atom. The van der Waals surface area contributed by atoms with Crippen LogP contribution in [0.3, 0.4) is 0 Å². The average molecular weight is 241 g/mol. The summed E-state index contributed by atoms with van der Waals surface area (Å²) in [6.07, 6.45) is 0.974. The van der Waals surface area contributed by atoms with Gasteiger partial charge in [-0.15, -0.1) is 0 Å². The fourth-order valence-electron chi connectivity index (χ4n) is 2.11. The Morgan fingerprint density at radius 2 is 2.00 bits per heavy atom. The number of nitrogens with zero attached hydrogens (tertiary/aromatic N) is 1. The molecule has 1 aromatic rings. The summed E-state index contributed by atoms with van der Waals surface area (Å²) >= 11 is 1.61. The average Bonchev–Trinajstić information content (AvgIpc) is 2.65. The first-order valence-corrected chi connectivity index (χ1v) is 6.92. The van der Waals surface area contributed by atoms with Crippen molar-refractivity contribution in [2.24, 2.45) is 5.92 Å². The van der Waals surface area contributed by atoms with Crippen molar-refractivity contribution in [3.8, 4) is 0 Å². The Balaban J connectivity index is 0.000000606. The van der Waals surface area contributed by atoms with Gasteiger partial charge in [-0.1, -0.05) is 27.7 Å². The van der Waals surface area contributed by atoms with Crippen LogP contribution in [0.15, 0.2) is 0 Å². The van der Waals surface area contributed by atoms with Crippen molar-refractivity contribution in [2.75, 3.05) is 6.61 Å². The predicted octanol–water partition coefficient (Wildman–Crippen LogP) is 3.92. The first-order valence-electron chi connectivity index (χ1n) is 6.15. The summed E-state index contributed by atoms with van der Waals surface area (Å²) in [7, 11) is 0. The van der Waals surface area contributed by atoms with Crippen molar-refractivity contribution < 1.29 is 4.74 Å². The summed E-state index contributed by atoms with van der Waals surface area (Å²) in [5.74, 6) is 0.497. The Hall–Kier alpha value is -0.410. The van der Waals surface area contributed by atoms with Crippen molar-refractivity contribution in [1.82, 2.24) is 4.37 Å². The molecule has 2 heterocycles. The van der Waals surface area contributed by atoms with Gasteiger partial charge in [-0.05, 0) is 31.3 Å². The third-order valence-electron chi connectivity index (χ3n) is 3.27. The second-order valence-electron chi connectivity index (χ2n) is 4.42. The van der Waals surface area contributed by atoms with Gasteiger partial charge in [-0.3, -0.25) is 0 Å². The molecule has 3 heteroatoms. The van der Waals surface area contributed by atoms with E-state index in [1.807, 2.05) is 13.8 Å². The van der Waals surface area contributed by atoms with E-state index >= 15 is 0 Å². The van der Waals surface area contributed by atoms with Crippen LogP contribution in [0.1, 0.15) is 50.8 Å². The molecule has 0 aliphatic carbocycles. The first kappa shape index (κ1) is 13.7. The number of ether oxygens (including phenoxy) is 1. The molecule has 0 saturated heterocycles. The summed E-state index contributed by atoms with van der Waals surface area (Å²) in [4.78, 5) is 1.32. The molecule has 1 atom stereocenters. The molecule has 0 radical (unpaired) electrons. The van der Waals surface area contributed by atoms with Crippen LogP contribution in [0.25, 0.3) is 0 Å². The SMILES string of the molecule is CC.Cc1snc2c1C(C)(C(C)C)OCC2. The quantitative estimate of drug-likeness (QED) is 0.743. The number of aromatic nitrogens is 1. The molecule has 92 valence electrons. The van der Waals surface area contributed by atoms with E-state index in [1.165, 1.54) is 16.1 Å². The van der Waals surface area contributed by atoms with Gasteiger partial charge in [0.15, 0.2) is 0 Å². The van der Waals surface area contributed by atoms with Crippen molar-refractivity contribution in [1.29, 1.82) is 0 Å². The van der Waals surface area contributed by atoms with Crippen molar-refractivity contribution in [3.63, 3.8) is 0 Å². The molecule has 0 amide bonds. The molecule has 0 saturated carbocycles. The van der Waals surface area contributed by atoms with Crippen LogP contribution >= 0.6 is 11.5 Å². The number of rotatable bonds is 1. The topological polar surface area (TPSA) is 22.1 Å². The van der Waals surface area contributed by atoms with Gasteiger partial charge >= 0.3 is 0 Å². The second-order valence-corrected chi connectivity index (χ2v) is 5.40. The molecular weight excluding hydrogens is 218 g/mol. The molecule has 1 aromatic heterocycles. The van der Waals surface area contributed by atoms with Crippen molar-refractivity contribution >= 4 is 11.5 Å². The minimum Gasteiger partial charge on any atom is -0.370 e. The molecule has 2 nitrogen and oxygen atoms in total. The third-order valence-corrected chi connectivity index (χ3v) is 4.06. The van der Waals surface area contributed by atoms with E-state index in [2.05, 4.69) is 32.1 Å². The lowest BCUT2D eigenvalue weighted by Crippen LogP contribution is -2.37. The lowest BCUT2D eigenvalue weighted by Gasteiger charge is -2.37. The van der Waals surface area contributed by atoms with Crippen LogP contribution in [-0.2, 0) is 16.8 Å². The Labute approximate surface area is 103 Å². The van der Waals surface area contributed by atoms with Crippen molar-refractivity contribution in [3.05, 3.63) is 16.1 Å². The zero-order valence-electron chi connectivity index (χ0n) is 11.3. The molecular formula is C13H23NOS. The van der Waals surface area contributed by atoms with Gasteiger partial charge in [-0.25, -0.2) is 0 Å². The number of fused-ring (bicyclic) bond motifs is 1. The molecule has 0 fully saturated rings. The largest absolute Gasteiger partial charge is 0.370 e. The van der Waals surface area contributed by atoms with Crippen LogP contribution in [0.2, 0.25) is 0 Å². The van der Waals surface area contributed by atoms with E-state index in [1.54, 1.807) is 11.5 Å². The van der Waals surface area contributed by atoms with Crippen LogP contribution in [0.5, 0.6) is 0 Å². The Kier molecular flexibility index (Phi) is 4.51. The maximum absolute atomic E-state index is 5.96. The van der Waals surface area contributed by atoms with Gasteiger partial charge in [0.05, 0.1) is 17.9 Å². The highest BCUT2D eigenvalue weighted by atomic mass is 32.1. The zero-order chi connectivity index (χ0) is 12.3. The number of hydrogen-bond donors (Lipinski definition) is 0. The van der Waals surface area contributed by atoms with Gasteiger partial charge in [0.25, 0.3) is 0 Å². The van der Waals surface area contributed by atoms with Crippen LogP contribution in [-0.4, -0.2) is 11.0 Å². The highest BCUT2D eigenvalue weighted by Crippen LogP contribution is 2.41. The normalized spacial score (nSPS) is 23.7. The number of hydrogen-bond acceptors (Lipinski definition) is 3. The molecule has 0 bridgehead atoms. The minimum absolute atomic E-state index is 0.120. The fraction of sp³-hybridized carbons (Fsp3) is 0.769. The highest BCUT2D eigenvalue weighted by Gasteiger charge is 2.39. The minimum atomic E-state index is -0.120. The standard InChI is InChI=1S/C11H17NOS.C2H6/c1-7(2)11(4)10-8(3)14-12-9(10)5-6-13-11;1-2/h7H,5-6H2,1-4H3;1-2H3. The molecule has 1 aliphatic rings. The van der Waals surface area contributed by atoms with Gasteiger partial charge in [0.1, 0.15) is 0 Å². The van der Waals surface area contributed by atoms with E-state index in [9.17, 15) is 0 Å². The second kappa shape index (κ2) is 5.28. The smallest absolute Gasteiger partial charge is 0.0955 e. The summed E-state index contributed by atoms with van der Waals surface area (Å²) in [6, 6.07) is 0. The van der Waals surface area contributed by atoms with E-state index in [0.717, 1.165) is 13.0 Å². The van der Waals surface area contributed by atoms with Gasteiger partial charge < -0.3 is 4.74 Å². The molecule has 0 aromatic carbocycles. The zero-order valence-corrected chi connectivity index (χ0v) is 12.1. The van der Waals surface area contributed by atoms with Crippen molar-refractivity contribution in [2.45, 2.75) is 53.6 Å². The van der Waals surface area contributed by atoms with Crippen LogP contribution in [0.4, 0.5) is 0 Å². The Bertz CT molecular complexity index is 346. The third kappa shape index (κ3) is 2.16. The van der Waals surface area contributed by atoms with E-state index in [-0.39, 0.29) is 5.60 Å². The molecule has 0 spiro atoms. The molecule has 1 unspecified atom stereocenters. The monoisotopic (exact) mass is 241 g/mol. The Morgan fingerprint density at radius 1 is 1.38 bits per heavy atom. The lowest BCUT2D eigenvalue weighted by atomic mass is 9.82. The summed E-state index contributed by atoms with van der Waals surface area (Å²) in [6.45, 7) is 13.6. The molecule has 0 N–H and O–H groups in total. The lowest BCUT2D eigenvalue weighted by molar-refractivity contribution is -0.0797. The van der Waals surface area contributed by atoms with Crippen LogP contribution < -0.4 is 0 Å². The summed E-state index contributed by atoms with van der Waals surface area (Å²) < 4.78 is 10.5. The maximum atomic E-state index is 5.96. The van der Waals surface area contributed by atoms with Crippen LogP contribution in [0, 0.1) is 12.8 Å². The van der Waals surface area contributed by atoms with Gasteiger partial charge in [0.2, 0.25) is 0 Å².